The van der Waals surface area contributed by atoms with Gasteiger partial charge in [0.2, 0.25) is 5.91 Å². The second-order valence-corrected chi connectivity index (χ2v) is 7.63. The lowest BCUT2D eigenvalue weighted by Gasteiger charge is -2.33. The van der Waals surface area contributed by atoms with Crippen molar-refractivity contribution in [2.24, 2.45) is 5.92 Å². The maximum absolute atomic E-state index is 12.8. The summed E-state index contributed by atoms with van der Waals surface area (Å²) in [5.74, 6) is -1.31. The van der Waals surface area contributed by atoms with Crippen molar-refractivity contribution in [1.82, 2.24) is 15.3 Å². The summed E-state index contributed by atoms with van der Waals surface area (Å²) >= 11 is 0. The average Bonchev–Trinajstić information content (AvgIpc) is 2.82. The van der Waals surface area contributed by atoms with E-state index in [1.165, 1.54) is 0 Å². The number of fused-ring (bicyclic) bond motifs is 1. The van der Waals surface area contributed by atoms with E-state index in [9.17, 15) is 14.9 Å². The van der Waals surface area contributed by atoms with Crippen LogP contribution >= 0.6 is 0 Å². The average molecular weight is 440 g/mol. The van der Waals surface area contributed by atoms with Crippen molar-refractivity contribution in [3.63, 3.8) is 0 Å². The Hall–Kier alpha value is -3.25. The van der Waals surface area contributed by atoms with Crippen LogP contribution in [-0.2, 0) is 19.1 Å². The number of nitrogens with zero attached hydrogens (tertiary/aromatic N) is 4. The van der Waals surface area contributed by atoms with Gasteiger partial charge in [-0.1, -0.05) is 12.1 Å². The predicted octanol–water partition coefficient (Wildman–Crippen LogP) is 2.17. The number of piperidine rings is 1. The number of ether oxygens (including phenoxy) is 2. The van der Waals surface area contributed by atoms with Crippen molar-refractivity contribution in [2.75, 3.05) is 44.9 Å². The van der Waals surface area contributed by atoms with Crippen LogP contribution in [0.4, 0.5) is 5.82 Å². The highest BCUT2D eigenvalue weighted by molar-refractivity contribution is 5.88. The Morgan fingerprint density at radius 1 is 1.25 bits per heavy atom. The number of nitrogens with one attached hydrogen (secondary N) is 1. The van der Waals surface area contributed by atoms with Gasteiger partial charge in [-0.25, -0.2) is 9.97 Å². The first-order chi connectivity index (χ1) is 15.6. The molecule has 1 aromatic heterocycles. The summed E-state index contributed by atoms with van der Waals surface area (Å²) in [6, 6.07) is 9.49. The molecule has 3 rings (SSSR count). The summed E-state index contributed by atoms with van der Waals surface area (Å²) in [5, 5.41) is 12.6. The van der Waals surface area contributed by atoms with Crippen molar-refractivity contribution >= 4 is 28.7 Å². The van der Waals surface area contributed by atoms with E-state index in [4.69, 9.17) is 14.5 Å². The van der Waals surface area contributed by atoms with Gasteiger partial charge < -0.3 is 19.7 Å². The second kappa shape index (κ2) is 11.4. The van der Waals surface area contributed by atoms with Gasteiger partial charge in [0.15, 0.2) is 11.7 Å². The van der Waals surface area contributed by atoms with E-state index in [-0.39, 0.29) is 11.9 Å². The number of carbonyl (C=O) groups excluding carboxylic acids is 2. The Bertz CT molecular complexity index is 982. The van der Waals surface area contributed by atoms with Crippen molar-refractivity contribution in [1.29, 1.82) is 5.26 Å². The van der Waals surface area contributed by atoms with Crippen LogP contribution in [0.3, 0.4) is 0 Å². The highest BCUT2D eigenvalue weighted by Crippen LogP contribution is 2.30. The minimum Gasteiger partial charge on any atom is -0.466 e. The largest absolute Gasteiger partial charge is 0.466 e. The van der Waals surface area contributed by atoms with Crippen molar-refractivity contribution in [2.45, 2.75) is 32.1 Å². The minimum atomic E-state index is -1.09. The lowest BCUT2D eigenvalue weighted by atomic mass is 9.96. The maximum Gasteiger partial charge on any atom is 0.309 e. The third-order valence-electron chi connectivity index (χ3n) is 5.48. The number of hydrogen-bond donors (Lipinski definition) is 1. The zero-order chi connectivity index (χ0) is 22.9. The number of benzene rings is 1. The van der Waals surface area contributed by atoms with Crippen LogP contribution in [0.5, 0.6) is 0 Å². The molecule has 0 radical (unpaired) electrons. The fraction of sp³-hybridized carbons (Fsp3) is 0.522. The first-order valence-electron chi connectivity index (χ1n) is 10.9. The van der Waals surface area contributed by atoms with Crippen LogP contribution in [0.25, 0.3) is 11.0 Å². The number of nitriles is 1. The molecule has 1 N–H and O–H groups in total. The quantitative estimate of drug-likeness (QED) is 0.467. The van der Waals surface area contributed by atoms with E-state index in [1.807, 2.05) is 29.2 Å². The van der Waals surface area contributed by atoms with E-state index in [0.29, 0.717) is 74.7 Å². The van der Waals surface area contributed by atoms with Crippen LogP contribution in [-0.4, -0.2) is 61.8 Å². The maximum atomic E-state index is 12.8. The fourth-order valence-electron chi connectivity index (χ4n) is 3.79. The Kier molecular flexibility index (Phi) is 8.34. The summed E-state index contributed by atoms with van der Waals surface area (Å²) in [6.45, 7) is 4.23. The highest BCUT2D eigenvalue weighted by atomic mass is 16.5. The van der Waals surface area contributed by atoms with E-state index < -0.39 is 11.8 Å². The molecule has 1 saturated heterocycles. The molecule has 2 aromatic rings. The van der Waals surface area contributed by atoms with Crippen LogP contribution in [0, 0.1) is 17.2 Å². The van der Waals surface area contributed by atoms with Crippen LogP contribution in [0.1, 0.15) is 37.8 Å². The Morgan fingerprint density at radius 2 is 1.94 bits per heavy atom. The number of amides is 1. The van der Waals surface area contributed by atoms with E-state index in [0.717, 1.165) is 0 Å². The molecule has 1 amide bonds. The minimum absolute atomic E-state index is 0.154. The fourth-order valence-corrected chi connectivity index (χ4v) is 3.79. The molecular formula is C23H29N5O4. The monoisotopic (exact) mass is 439 g/mol. The summed E-state index contributed by atoms with van der Waals surface area (Å²) < 4.78 is 10.2. The summed E-state index contributed by atoms with van der Waals surface area (Å²) in [4.78, 5) is 36.3. The summed E-state index contributed by atoms with van der Waals surface area (Å²) in [7, 11) is 1.60. The molecule has 2 heterocycles. The molecule has 1 fully saturated rings. The molecule has 1 unspecified atom stereocenters. The SMILES string of the molecule is CCOC(=O)C1CCN(c2nc3ccccc3nc2C(C#N)C(=O)NCCCOC)CC1. The first-order valence-corrected chi connectivity index (χ1v) is 10.9. The lowest BCUT2D eigenvalue weighted by Crippen LogP contribution is -2.39. The molecule has 32 heavy (non-hydrogen) atoms. The van der Waals surface area contributed by atoms with E-state index >= 15 is 0 Å². The number of esters is 1. The highest BCUT2D eigenvalue weighted by Gasteiger charge is 2.32. The molecule has 9 nitrogen and oxygen atoms in total. The standard InChI is InChI=1S/C23H29N5O4/c1-3-32-23(30)16-9-12-28(13-10-16)21-20(26-18-7-4-5-8-19(18)27-21)17(15-24)22(29)25-11-6-14-31-2/h4-5,7-8,16-17H,3,6,9-14H2,1-2H3,(H,25,29). The van der Waals surface area contributed by atoms with Gasteiger partial charge in [0, 0.05) is 33.4 Å². The number of aromatic nitrogens is 2. The first kappa shape index (κ1) is 23.4. The molecule has 1 atom stereocenters. The van der Waals surface area contributed by atoms with Crippen molar-refractivity contribution < 1.29 is 19.1 Å². The van der Waals surface area contributed by atoms with Crippen LogP contribution in [0.2, 0.25) is 0 Å². The molecule has 0 bridgehead atoms. The smallest absolute Gasteiger partial charge is 0.309 e. The van der Waals surface area contributed by atoms with Gasteiger partial charge in [-0.05, 0) is 38.3 Å². The Balaban J connectivity index is 1.87. The third kappa shape index (κ3) is 5.51. The Morgan fingerprint density at radius 3 is 2.56 bits per heavy atom. The third-order valence-corrected chi connectivity index (χ3v) is 5.48. The molecule has 1 aliphatic rings. The van der Waals surface area contributed by atoms with Gasteiger partial charge in [-0.15, -0.1) is 0 Å². The zero-order valence-corrected chi connectivity index (χ0v) is 18.5. The molecular weight excluding hydrogens is 410 g/mol. The molecule has 0 aliphatic carbocycles. The number of methoxy groups -OCH3 is 1. The van der Waals surface area contributed by atoms with Gasteiger partial charge in [-0.3, -0.25) is 9.59 Å². The van der Waals surface area contributed by atoms with E-state index in [2.05, 4.69) is 16.4 Å². The Labute approximate surface area is 187 Å². The molecule has 1 aromatic carbocycles. The van der Waals surface area contributed by atoms with Crippen molar-refractivity contribution in [3.8, 4) is 6.07 Å². The topological polar surface area (TPSA) is 117 Å². The number of anilines is 1. The predicted molar refractivity (Wildman–Crippen MR) is 119 cm³/mol. The lowest BCUT2D eigenvalue weighted by molar-refractivity contribution is -0.148. The summed E-state index contributed by atoms with van der Waals surface area (Å²) in [5.41, 5.74) is 1.65. The van der Waals surface area contributed by atoms with Crippen LogP contribution in [0.15, 0.2) is 24.3 Å². The summed E-state index contributed by atoms with van der Waals surface area (Å²) in [6.07, 6.45) is 1.89. The molecule has 170 valence electrons. The van der Waals surface area contributed by atoms with E-state index in [1.54, 1.807) is 14.0 Å². The van der Waals surface area contributed by atoms with Gasteiger partial charge in [0.05, 0.1) is 29.6 Å². The van der Waals surface area contributed by atoms with Crippen LogP contribution < -0.4 is 10.2 Å². The molecule has 0 saturated carbocycles. The second-order valence-electron chi connectivity index (χ2n) is 7.63. The van der Waals surface area contributed by atoms with Gasteiger partial charge in [0.1, 0.15) is 5.69 Å². The number of carbonyl (C=O) groups is 2. The molecule has 0 spiro atoms. The van der Waals surface area contributed by atoms with Crippen molar-refractivity contribution in [3.05, 3.63) is 30.0 Å². The molecule has 1 aliphatic heterocycles. The van der Waals surface area contributed by atoms with Gasteiger partial charge >= 0.3 is 5.97 Å². The number of para-hydroxylation sites is 2. The molecule has 9 heteroatoms. The normalized spacial score (nSPS) is 15.2. The zero-order valence-electron chi connectivity index (χ0n) is 18.5. The number of hydrogen-bond acceptors (Lipinski definition) is 8. The number of rotatable bonds is 9. The van der Waals surface area contributed by atoms with Gasteiger partial charge in [-0.2, -0.15) is 5.26 Å². The van der Waals surface area contributed by atoms with Gasteiger partial charge in [0.25, 0.3) is 0 Å².